The molecule has 2 aromatic heterocycles. The van der Waals surface area contributed by atoms with Crippen LogP contribution in [-0.4, -0.2) is 33.7 Å². The van der Waals surface area contributed by atoms with E-state index in [1.165, 1.54) is 11.3 Å². The predicted molar refractivity (Wildman–Crippen MR) is 92.7 cm³/mol. The molecule has 2 aromatic rings. The Morgan fingerprint density at radius 3 is 2.45 bits per heavy atom. The van der Waals surface area contributed by atoms with Crippen LogP contribution in [-0.2, 0) is 6.54 Å². The molecule has 0 saturated heterocycles. The summed E-state index contributed by atoms with van der Waals surface area (Å²) in [4.78, 5) is 15.6. The lowest BCUT2D eigenvalue weighted by molar-refractivity contribution is 0.0748. The zero-order valence-electron chi connectivity index (χ0n) is 13.3. The van der Waals surface area contributed by atoms with Crippen molar-refractivity contribution in [2.45, 2.75) is 40.2 Å². The first kappa shape index (κ1) is 17.0. The molecular weight excluding hydrogens is 318 g/mol. The largest absolute Gasteiger partial charge is 0.337 e. The van der Waals surface area contributed by atoms with Crippen LogP contribution < -0.4 is 0 Å². The lowest BCUT2D eigenvalue weighted by Gasteiger charge is -2.20. The highest BCUT2D eigenvalue weighted by Gasteiger charge is 2.20. The fraction of sp³-hybridized carbons (Fsp3) is 0.500. The molecule has 2 rings (SSSR count). The van der Waals surface area contributed by atoms with Crippen LogP contribution >= 0.6 is 22.9 Å². The van der Waals surface area contributed by atoms with E-state index in [0.717, 1.165) is 47.4 Å². The minimum Gasteiger partial charge on any atom is -0.337 e. The summed E-state index contributed by atoms with van der Waals surface area (Å²) in [6.07, 6.45) is 1.90. The van der Waals surface area contributed by atoms with Gasteiger partial charge in [-0.15, -0.1) is 11.3 Å². The number of aryl methyl sites for hydroxylation is 1. The number of thiophene rings is 1. The Balaban J connectivity index is 2.32. The van der Waals surface area contributed by atoms with Crippen LogP contribution in [0, 0.1) is 0 Å². The molecule has 0 fully saturated rings. The number of carbonyl (C=O) groups is 1. The fourth-order valence-electron chi connectivity index (χ4n) is 2.43. The number of nitrogens with zero attached hydrogens (tertiary/aromatic N) is 3. The minimum absolute atomic E-state index is 0.0137. The number of hydrogen-bond acceptors (Lipinski definition) is 3. The van der Waals surface area contributed by atoms with E-state index in [4.69, 9.17) is 11.6 Å². The van der Waals surface area contributed by atoms with Crippen LogP contribution in [0.4, 0.5) is 0 Å². The highest BCUT2D eigenvalue weighted by Crippen LogP contribution is 2.31. The van der Waals surface area contributed by atoms with Gasteiger partial charge in [0.05, 0.1) is 14.9 Å². The SMILES string of the molecule is CCCN(CCC)C(=O)c1cc(-c2ccc(Cl)s2)n(CC)n1. The zero-order valence-corrected chi connectivity index (χ0v) is 14.9. The standard InChI is InChI=1S/C16H22ClN3OS/c1-4-9-19(10-5-2)16(21)12-11-13(20(6-3)18-12)14-7-8-15(17)22-14/h7-8,11H,4-6,9-10H2,1-3H3. The number of amides is 1. The molecule has 0 unspecified atom stereocenters. The first-order valence-electron chi connectivity index (χ1n) is 7.73. The third-order valence-electron chi connectivity index (χ3n) is 3.40. The zero-order chi connectivity index (χ0) is 16.1. The van der Waals surface area contributed by atoms with Gasteiger partial charge in [-0.25, -0.2) is 0 Å². The van der Waals surface area contributed by atoms with Crippen molar-refractivity contribution in [1.29, 1.82) is 0 Å². The fourth-order valence-corrected chi connectivity index (χ4v) is 3.49. The molecular formula is C16H22ClN3OS. The second-order valence-electron chi connectivity index (χ2n) is 5.13. The molecule has 4 nitrogen and oxygen atoms in total. The summed E-state index contributed by atoms with van der Waals surface area (Å²) in [7, 11) is 0. The van der Waals surface area contributed by atoms with Gasteiger partial charge in [0.1, 0.15) is 0 Å². The van der Waals surface area contributed by atoms with Crippen LogP contribution in [0.15, 0.2) is 18.2 Å². The number of rotatable bonds is 7. The van der Waals surface area contributed by atoms with E-state index in [2.05, 4.69) is 18.9 Å². The maximum atomic E-state index is 12.7. The summed E-state index contributed by atoms with van der Waals surface area (Å²) in [6.45, 7) is 8.45. The summed E-state index contributed by atoms with van der Waals surface area (Å²) < 4.78 is 2.61. The smallest absolute Gasteiger partial charge is 0.274 e. The van der Waals surface area contributed by atoms with E-state index in [1.807, 2.05) is 34.7 Å². The number of halogens is 1. The summed E-state index contributed by atoms with van der Waals surface area (Å²) in [5.41, 5.74) is 1.47. The lowest BCUT2D eigenvalue weighted by atomic mass is 10.2. The van der Waals surface area contributed by atoms with Gasteiger partial charge < -0.3 is 4.90 Å². The summed E-state index contributed by atoms with van der Waals surface area (Å²) in [6, 6.07) is 5.73. The molecule has 0 aliphatic rings. The molecule has 0 aliphatic heterocycles. The van der Waals surface area contributed by atoms with Crippen molar-refractivity contribution in [2.24, 2.45) is 0 Å². The lowest BCUT2D eigenvalue weighted by Crippen LogP contribution is -2.32. The molecule has 0 spiro atoms. The monoisotopic (exact) mass is 339 g/mol. The second kappa shape index (κ2) is 7.79. The van der Waals surface area contributed by atoms with Crippen LogP contribution in [0.3, 0.4) is 0 Å². The predicted octanol–water partition coefficient (Wildman–Crippen LogP) is 4.55. The van der Waals surface area contributed by atoms with Crippen LogP contribution in [0.5, 0.6) is 0 Å². The summed E-state index contributed by atoms with van der Waals surface area (Å²) in [5.74, 6) is 0.0137. The third-order valence-corrected chi connectivity index (χ3v) is 4.65. The van der Waals surface area contributed by atoms with Gasteiger partial charge in [-0.2, -0.15) is 5.10 Å². The molecule has 22 heavy (non-hydrogen) atoms. The highest BCUT2D eigenvalue weighted by molar-refractivity contribution is 7.19. The van der Waals surface area contributed by atoms with Gasteiger partial charge in [0.2, 0.25) is 0 Å². The maximum absolute atomic E-state index is 12.7. The molecule has 1 amide bonds. The normalized spacial score (nSPS) is 10.9. The van der Waals surface area contributed by atoms with Gasteiger partial charge >= 0.3 is 0 Å². The Labute approximate surface area is 140 Å². The topological polar surface area (TPSA) is 38.1 Å². The second-order valence-corrected chi connectivity index (χ2v) is 6.84. The van der Waals surface area contributed by atoms with Crippen molar-refractivity contribution in [3.8, 4) is 10.6 Å². The van der Waals surface area contributed by atoms with Crippen LogP contribution in [0.1, 0.15) is 44.1 Å². The van der Waals surface area contributed by atoms with Gasteiger partial charge in [0.15, 0.2) is 5.69 Å². The average Bonchev–Trinajstić information content (AvgIpc) is 3.12. The molecule has 0 aromatic carbocycles. The van der Waals surface area contributed by atoms with Gasteiger partial charge in [0, 0.05) is 19.6 Å². The quantitative estimate of drug-likeness (QED) is 0.742. The Morgan fingerprint density at radius 2 is 1.95 bits per heavy atom. The molecule has 0 aliphatic carbocycles. The highest BCUT2D eigenvalue weighted by atomic mass is 35.5. The van der Waals surface area contributed by atoms with Crippen molar-refractivity contribution < 1.29 is 4.79 Å². The van der Waals surface area contributed by atoms with Crippen molar-refractivity contribution in [1.82, 2.24) is 14.7 Å². The number of carbonyl (C=O) groups excluding carboxylic acids is 1. The molecule has 0 saturated carbocycles. The van der Waals surface area contributed by atoms with E-state index in [1.54, 1.807) is 0 Å². The Morgan fingerprint density at radius 1 is 1.27 bits per heavy atom. The first-order chi connectivity index (χ1) is 10.6. The van der Waals surface area contributed by atoms with Crippen molar-refractivity contribution in [3.63, 3.8) is 0 Å². The number of aromatic nitrogens is 2. The van der Waals surface area contributed by atoms with Crippen molar-refractivity contribution in [3.05, 3.63) is 28.2 Å². The van der Waals surface area contributed by atoms with E-state index < -0.39 is 0 Å². The van der Waals surface area contributed by atoms with E-state index >= 15 is 0 Å². The minimum atomic E-state index is 0.0137. The molecule has 0 bridgehead atoms. The maximum Gasteiger partial charge on any atom is 0.274 e. The summed E-state index contributed by atoms with van der Waals surface area (Å²) >= 11 is 7.53. The summed E-state index contributed by atoms with van der Waals surface area (Å²) in [5, 5.41) is 4.49. The number of hydrogen-bond donors (Lipinski definition) is 0. The molecule has 2 heterocycles. The van der Waals surface area contributed by atoms with Crippen LogP contribution in [0.25, 0.3) is 10.6 Å². The van der Waals surface area contributed by atoms with Gasteiger partial charge in [-0.3, -0.25) is 9.48 Å². The third kappa shape index (κ3) is 3.70. The van der Waals surface area contributed by atoms with E-state index in [9.17, 15) is 4.79 Å². The average molecular weight is 340 g/mol. The van der Waals surface area contributed by atoms with E-state index in [0.29, 0.717) is 5.69 Å². The molecule has 0 radical (unpaired) electrons. The first-order valence-corrected chi connectivity index (χ1v) is 8.92. The Bertz CT molecular complexity index is 629. The van der Waals surface area contributed by atoms with E-state index in [-0.39, 0.29) is 5.91 Å². The van der Waals surface area contributed by atoms with Crippen LogP contribution in [0.2, 0.25) is 4.34 Å². The molecule has 6 heteroatoms. The van der Waals surface area contributed by atoms with Gasteiger partial charge in [0.25, 0.3) is 5.91 Å². The molecule has 0 atom stereocenters. The van der Waals surface area contributed by atoms with Crippen molar-refractivity contribution in [2.75, 3.05) is 13.1 Å². The van der Waals surface area contributed by atoms with Crippen molar-refractivity contribution >= 4 is 28.8 Å². The molecule has 120 valence electrons. The Kier molecular flexibility index (Phi) is 6.03. The van der Waals surface area contributed by atoms with Gasteiger partial charge in [-0.1, -0.05) is 25.4 Å². The van der Waals surface area contributed by atoms with Gasteiger partial charge in [-0.05, 0) is 38.0 Å². The Hall–Kier alpha value is -1.33. The molecule has 0 N–H and O–H groups in total.